The number of nitrogens with one attached hydrogen (secondary N) is 1. The number of methoxy groups -OCH3 is 1. The molecule has 0 aliphatic heterocycles. The minimum atomic E-state index is 0.125. The Morgan fingerprint density at radius 3 is 1.96 bits per heavy atom. The molecule has 0 amide bonds. The average Bonchev–Trinajstić information content (AvgIpc) is 2.56. The summed E-state index contributed by atoms with van der Waals surface area (Å²) < 4.78 is 16.8. The molecule has 0 aromatic heterocycles. The van der Waals surface area contributed by atoms with E-state index in [1.165, 1.54) is 5.56 Å². The summed E-state index contributed by atoms with van der Waals surface area (Å²) in [4.78, 5) is 0. The van der Waals surface area contributed by atoms with Crippen molar-refractivity contribution >= 4 is 0 Å². The Hall–Kier alpha value is -2.20. The first kappa shape index (κ1) is 19.1. The maximum absolute atomic E-state index is 5.75. The van der Waals surface area contributed by atoms with Gasteiger partial charge < -0.3 is 19.5 Å². The summed E-state index contributed by atoms with van der Waals surface area (Å²) in [5.74, 6) is 2.45. The van der Waals surface area contributed by atoms with Crippen molar-refractivity contribution in [3.63, 3.8) is 0 Å². The van der Waals surface area contributed by atoms with Crippen LogP contribution in [0.3, 0.4) is 0 Å². The molecule has 0 heterocycles. The molecule has 0 aliphatic rings. The van der Waals surface area contributed by atoms with Gasteiger partial charge in [-0.15, -0.1) is 0 Å². The molecule has 0 fully saturated rings. The van der Waals surface area contributed by atoms with Crippen LogP contribution in [0.5, 0.6) is 17.2 Å². The van der Waals surface area contributed by atoms with Gasteiger partial charge in [0.25, 0.3) is 0 Å². The highest BCUT2D eigenvalue weighted by Crippen LogP contribution is 2.29. The van der Waals surface area contributed by atoms with E-state index in [1.807, 2.05) is 52.0 Å². The zero-order valence-corrected chi connectivity index (χ0v) is 15.8. The predicted octanol–water partition coefficient (Wildman–Crippen LogP) is 4.56. The SMILES string of the molecule is COc1cc(CNCc2ccc(OC(C)C)cc2)ccc1OC(C)C. The van der Waals surface area contributed by atoms with Gasteiger partial charge in [0.05, 0.1) is 19.3 Å². The minimum absolute atomic E-state index is 0.125. The molecule has 0 aliphatic carbocycles. The zero-order chi connectivity index (χ0) is 18.2. The normalized spacial score (nSPS) is 11.0. The highest BCUT2D eigenvalue weighted by Gasteiger charge is 2.07. The van der Waals surface area contributed by atoms with Crippen molar-refractivity contribution in [2.24, 2.45) is 0 Å². The third-order valence-corrected chi connectivity index (χ3v) is 3.54. The Kier molecular flexibility index (Phi) is 7.14. The molecule has 0 atom stereocenters. The Morgan fingerprint density at radius 2 is 1.36 bits per heavy atom. The molecular formula is C21H29NO3. The Bertz CT molecular complexity index is 651. The van der Waals surface area contributed by atoms with Gasteiger partial charge in [-0.2, -0.15) is 0 Å². The highest BCUT2D eigenvalue weighted by molar-refractivity contribution is 5.43. The summed E-state index contributed by atoms with van der Waals surface area (Å²) in [7, 11) is 1.67. The van der Waals surface area contributed by atoms with E-state index >= 15 is 0 Å². The van der Waals surface area contributed by atoms with Crippen molar-refractivity contribution in [3.8, 4) is 17.2 Å². The molecule has 0 spiro atoms. The van der Waals surface area contributed by atoms with E-state index < -0.39 is 0 Å². The Morgan fingerprint density at radius 1 is 0.760 bits per heavy atom. The molecule has 4 nitrogen and oxygen atoms in total. The summed E-state index contributed by atoms with van der Waals surface area (Å²) in [6, 6.07) is 14.2. The Balaban J connectivity index is 1.88. The van der Waals surface area contributed by atoms with Gasteiger partial charge >= 0.3 is 0 Å². The van der Waals surface area contributed by atoms with Crippen LogP contribution in [0.25, 0.3) is 0 Å². The molecule has 1 N–H and O–H groups in total. The molecule has 0 bridgehead atoms. The number of hydrogen-bond donors (Lipinski definition) is 1. The quantitative estimate of drug-likeness (QED) is 0.724. The van der Waals surface area contributed by atoms with Crippen LogP contribution in [0.4, 0.5) is 0 Å². The van der Waals surface area contributed by atoms with Crippen molar-refractivity contribution in [1.29, 1.82) is 0 Å². The molecule has 0 saturated carbocycles. The Labute approximate surface area is 151 Å². The van der Waals surface area contributed by atoms with Crippen LogP contribution in [0, 0.1) is 0 Å². The second-order valence-electron chi connectivity index (χ2n) is 6.57. The van der Waals surface area contributed by atoms with E-state index in [2.05, 4.69) is 23.5 Å². The molecule has 2 rings (SSSR count). The van der Waals surface area contributed by atoms with E-state index in [-0.39, 0.29) is 12.2 Å². The van der Waals surface area contributed by atoms with Crippen LogP contribution in [-0.4, -0.2) is 19.3 Å². The summed E-state index contributed by atoms with van der Waals surface area (Å²) in [5.41, 5.74) is 2.38. The van der Waals surface area contributed by atoms with Crippen molar-refractivity contribution in [2.75, 3.05) is 7.11 Å². The summed E-state index contributed by atoms with van der Waals surface area (Å²) in [5, 5.41) is 3.45. The third-order valence-electron chi connectivity index (χ3n) is 3.54. The van der Waals surface area contributed by atoms with Crippen LogP contribution in [-0.2, 0) is 13.1 Å². The van der Waals surface area contributed by atoms with Gasteiger partial charge in [-0.1, -0.05) is 18.2 Å². The first-order valence-corrected chi connectivity index (χ1v) is 8.78. The number of benzene rings is 2. The minimum Gasteiger partial charge on any atom is -0.493 e. The lowest BCUT2D eigenvalue weighted by Crippen LogP contribution is -2.13. The van der Waals surface area contributed by atoms with Crippen LogP contribution in [0.1, 0.15) is 38.8 Å². The van der Waals surface area contributed by atoms with Crippen molar-refractivity contribution in [1.82, 2.24) is 5.32 Å². The lowest BCUT2D eigenvalue weighted by molar-refractivity contribution is 0.230. The zero-order valence-electron chi connectivity index (χ0n) is 15.8. The van der Waals surface area contributed by atoms with Gasteiger partial charge in [0.1, 0.15) is 5.75 Å². The maximum Gasteiger partial charge on any atom is 0.161 e. The van der Waals surface area contributed by atoms with Crippen molar-refractivity contribution < 1.29 is 14.2 Å². The number of rotatable bonds is 9. The van der Waals surface area contributed by atoms with Gasteiger partial charge in [-0.3, -0.25) is 0 Å². The van der Waals surface area contributed by atoms with Crippen LogP contribution in [0.15, 0.2) is 42.5 Å². The van der Waals surface area contributed by atoms with Crippen LogP contribution in [0.2, 0.25) is 0 Å². The predicted molar refractivity (Wildman–Crippen MR) is 102 cm³/mol. The van der Waals surface area contributed by atoms with Gasteiger partial charge in [0.2, 0.25) is 0 Å². The fraction of sp³-hybridized carbons (Fsp3) is 0.429. The smallest absolute Gasteiger partial charge is 0.161 e. The fourth-order valence-electron chi connectivity index (χ4n) is 2.48. The number of hydrogen-bond acceptors (Lipinski definition) is 4. The molecule has 0 unspecified atom stereocenters. The topological polar surface area (TPSA) is 39.7 Å². The van der Waals surface area contributed by atoms with Crippen molar-refractivity contribution in [2.45, 2.75) is 53.0 Å². The van der Waals surface area contributed by atoms with E-state index in [0.29, 0.717) is 0 Å². The summed E-state index contributed by atoms with van der Waals surface area (Å²) in [6.07, 6.45) is 0.321. The molecule has 0 radical (unpaired) electrons. The largest absolute Gasteiger partial charge is 0.493 e. The first-order valence-electron chi connectivity index (χ1n) is 8.78. The maximum atomic E-state index is 5.75. The molecule has 0 saturated heterocycles. The van der Waals surface area contributed by atoms with E-state index in [9.17, 15) is 0 Å². The molecule has 4 heteroatoms. The van der Waals surface area contributed by atoms with Gasteiger partial charge in [0, 0.05) is 13.1 Å². The lowest BCUT2D eigenvalue weighted by Gasteiger charge is -2.15. The monoisotopic (exact) mass is 343 g/mol. The highest BCUT2D eigenvalue weighted by atomic mass is 16.5. The molecule has 136 valence electrons. The summed E-state index contributed by atoms with van der Waals surface area (Å²) in [6.45, 7) is 9.64. The second kappa shape index (κ2) is 9.33. The van der Waals surface area contributed by atoms with Gasteiger partial charge in [-0.05, 0) is 63.1 Å². The standard InChI is InChI=1S/C21H29NO3/c1-15(2)24-19-9-6-17(7-10-19)13-22-14-18-8-11-20(25-16(3)4)21(12-18)23-5/h6-12,15-16,22H,13-14H2,1-5H3. The lowest BCUT2D eigenvalue weighted by atomic mass is 10.1. The van der Waals surface area contributed by atoms with Crippen LogP contribution < -0.4 is 19.5 Å². The summed E-state index contributed by atoms with van der Waals surface area (Å²) >= 11 is 0. The van der Waals surface area contributed by atoms with E-state index in [1.54, 1.807) is 7.11 Å². The van der Waals surface area contributed by atoms with Gasteiger partial charge in [-0.25, -0.2) is 0 Å². The van der Waals surface area contributed by atoms with Crippen molar-refractivity contribution in [3.05, 3.63) is 53.6 Å². The number of ether oxygens (including phenoxy) is 3. The first-order chi connectivity index (χ1) is 12.0. The average molecular weight is 343 g/mol. The molecule has 25 heavy (non-hydrogen) atoms. The van der Waals surface area contributed by atoms with Crippen LogP contribution >= 0.6 is 0 Å². The third kappa shape index (κ3) is 6.31. The van der Waals surface area contributed by atoms with E-state index in [4.69, 9.17) is 14.2 Å². The molecule has 2 aromatic carbocycles. The fourth-order valence-corrected chi connectivity index (χ4v) is 2.48. The molecule has 2 aromatic rings. The van der Waals surface area contributed by atoms with E-state index in [0.717, 1.165) is 35.9 Å². The molecular weight excluding hydrogens is 314 g/mol. The van der Waals surface area contributed by atoms with Gasteiger partial charge in [0.15, 0.2) is 11.5 Å². The second-order valence-corrected chi connectivity index (χ2v) is 6.57.